The molecule has 0 heterocycles. The van der Waals surface area contributed by atoms with E-state index in [1.54, 1.807) is 12.1 Å². The number of benzene rings is 3. The minimum absolute atomic E-state index is 0.0250. The molecule has 0 radical (unpaired) electrons. The smallest absolute Gasteiger partial charge is 0.340 e. The average Bonchev–Trinajstić information content (AvgIpc) is 3.07. The van der Waals surface area contributed by atoms with Crippen LogP contribution in [0.15, 0.2) is 70.9 Å². The van der Waals surface area contributed by atoms with E-state index in [4.69, 9.17) is 9.47 Å². The lowest BCUT2D eigenvalue weighted by Gasteiger charge is -2.11. The molecule has 0 bridgehead atoms. The number of fused-ring (bicyclic) bond motifs is 3. The SMILES string of the molecule is COc1ccc(C=NN=C2c3ccccc3-c3ccccc32)c(C(=O)O)c1OC. The zero-order valence-electron chi connectivity index (χ0n) is 15.9. The molecule has 6 heteroatoms. The Morgan fingerprint density at radius 2 is 1.45 bits per heavy atom. The first kappa shape index (κ1) is 18.4. The quantitative estimate of drug-likeness (QED) is 0.411. The van der Waals surface area contributed by atoms with Gasteiger partial charge in [-0.2, -0.15) is 5.10 Å². The van der Waals surface area contributed by atoms with Crippen molar-refractivity contribution < 1.29 is 19.4 Å². The fraction of sp³-hybridized carbons (Fsp3) is 0.0870. The Bertz CT molecular complexity index is 1120. The van der Waals surface area contributed by atoms with Gasteiger partial charge >= 0.3 is 5.97 Å². The van der Waals surface area contributed by atoms with E-state index in [1.807, 2.05) is 36.4 Å². The highest BCUT2D eigenvalue weighted by Gasteiger charge is 2.24. The van der Waals surface area contributed by atoms with Crippen molar-refractivity contribution >= 4 is 17.9 Å². The fourth-order valence-corrected chi connectivity index (χ4v) is 3.52. The topological polar surface area (TPSA) is 80.5 Å². The molecule has 0 spiro atoms. The summed E-state index contributed by atoms with van der Waals surface area (Å²) >= 11 is 0. The van der Waals surface area contributed by atoms with E-state index in [2.05, 4.69) is 22.3 Å². The Hall–Kier alpha value is -3.93. The Balaban J connectivity index is 1.78. The van der Waals surface area contributed by atoms with Gasteiger partial charge in [0.1, 0.15) is 11.3 Å². The maximum absolute atomic E-state index is 11.8. The zero-order valence-corrected chi connectivity index (χ0v) is 15.9. The van der Waals surface area contributed by atoms with Crippen LogP contribution in [0.4, 0.5) is 0 Å². The van der Waals surface area contributed by atoms with Gasteiger partial charge in [-0.3, -0.25) is 0 Å². The van der Waals surface area contributed by atoms with Crippen LogP contribution in [-0.2, 0) is 0 Å². The zero-order chi connectivity index (χ0) is 20.4. The summed E-state index contributed by atoms with van der Waals surface area (Å²) in [5, 5.41) is 18.3. The van der Waals surface area contributed by atoms with Gasteiger partial charge in [0.25, 0.3) is 0 Å². The molecule has 0 saturated heterocycles. The molecular formula is C23H18N2O4. The lowest BCUT2D eigenvalue weighted by Crippen LogP contribution is -2.07. The number of methoxy groups -OCH3 is 2. The maximum atomic E-state index is 11.8. The molecule has 29 heavy (non-hydrogen) atoms. The summed E-state index contributed by atoms with van der Waals surface area (Å²) in [6, 6.07) is 19.3. The largest absolute Gasteiger partial charge is 0.493 e. The third-order valence-electron chi connectivity index (χ3n) is 4.80. The van der Waals surface area contributed by atoms with Crippen molar-refractivity contribution in [1.82, 2.24) is 0 Å². The molecule has 144 valence electrons. The van der Waals surface area contributed by atoms with Gasteiger partial charge in [0, 0.05) is 16.7 Å². The second-order valence-electron chi connectivity index (χ2n) is 6.35. The van der Waals surface area contributed by atoms with Crippen LogP contribution in [0.2, 0.25) is 0 Å². The molecule has 0 fully saturated rings. The number of aromatic carboxylic acids is 1. The monoisotopic (exact) mass is 386 g/mol. The first-order valence-corrected chi connectivity index (χ1v) is 8.94. The van der Waals surface area contributed by atoms with Crippen LogP contribution in [0.25, 0.3) is 11.1 Å². The number of ether oxygens (including phenoxy) is 2. The van der Waals surface area contributed by atoms with E-state index in [1.165, 1.54) is 20.4 Å². The van der Waals surface area contributed by atoms with E-state index in [-0.39, 0.29) is 11.3 Å². The molecule has 0 atom stereocenters. The van der Waals surface area contributed by atoms with E-state index < -0.39 is 5.97 Å². The molecule has 0 amide bonds. The predicted octanol–water partition coefficient (Wildman–Crippen LogP) is 4.25. The summed E-state index contributed by atoms with van der Waals surface area (Å²) in [6.07, 6.45) is 1.42. The van der Waals surface area contributed by atoms with Gasteiger partial charge in [-0.05, 0) is 23.3 Å². The molecule has 4 rings (SSSR count). The minimum Gasteiger partial charge on any atom is -0.493 e. The summed E-state index contributed by atoms with van der Waals surface area (Å²) in [5.41, 5.74) is 5.31. The van der Waals surface area contributed by atoms with E-state index in [0.717, 1.165) is 28.0 Å². The summed E-state index contributed by atoms with van der Waals surface area (Å²) in [4.78, 5) is 11.8. The van der Waals surface area contributed by atoms with Gasteiger partial charge in [-0.25, -0.2) is 4.79 Å². The molecular weight excluding hydrogens is 368 g/mol. The van der Waals surface area contributed by atoms with Crippen molar-refractivity contribution in [3.8, 4) is 22.6 Å². The molecule has 1 aliphatic rings. The molecule has 1 N–H and O–H groups in total. The van der Waals surface area contributed by atoms with Gasteiger partial charge in [-0.1, -0.05) is 48.5 Å². The van der Waals surface area contributed by atoms with Crippen LogP contribution in [-0.4, -0.2) is 37.2 Å². The van der Waals surface area contributed by atoms with Crippen molar-refractivity contribution in [1.29, 1.82) is 0 Å². The first-order chi connectivity index (χ1) is 14.2. The second kappa shape index (κ2) is 7.59. The third kappa shape index (κ3) is 3.14. The molecule has 3 aromatic carbocycles. The van der Waals surface area contributed by atoms with E-state index in [0.29, 0.717) is 11.3 Å². The molecule has 0 saturated carbocycles. The van der Waals surface area contributed by atoms with Gasteiger partial charge in [0.05, 0.1) is 20.4 Å². The number of nitrogens with zero attached hydrogens (tertiary/aromatic N) is 2. The lowest BCUT2D eigenvalue weighted by molar-refractivity contribution is 0.0692. The van der Waals surface area contributed by atoms with Crippen LogP contribution in [0.1, 0.15) is 27.0 Å². The second-order valence-corrected chi connectivity index (χ2v) is 6.35. The Morgan fingerprint density at radius 1 is 0.862 bits per heavy atom. The highest BCUT2D eigenvalue weighted by molar-refractivity contribution is 6.24. The first-order valence-electron chi connectivity index (χ1n) is 8.94. The third-order valence-corrected chi connectivity index (χ3v) is 4.80. The fourth-order valence-electron chi connectivity index (χ4n) is 3.52. The predicted molar refractivity (Wildman–Crippen MR) is 112 cm³/mol. The maximum Gasteiger partial charge on any atom is 0.340 e. The Labute approximate surface area is 167 Å². The van der Waals surface area contributed by atoms with E-state index >= 15 is 0 Å². The average molecular weight is 386 g/mol. The van der Waals surface area contributed by atoms with E-state index in [9.17, 15) is 9.90 Å². The number of carboxylic acids is 1. The number of hydrogen-bond donors (Lipinski definition) is 1. The van der Waals surface area contributed by atoms with Crippen LogP contribution < -0.4 is 9.47 Å². The molecule has 1 aliphatic carbocycles. The molecule has 3 aromatic rings. The minimum atomic E-state index is -1.13. The standard InChI is InChI=1S/C23H18N2O4/c1-28-19-12-11-14(20(23(26)27)22(19)29-2)13-24-25-21-17-9-5-3-7-15(17)16-8-4-6-10-18(16)21/h3-13H,1-2H3,(H,26,27). The van der Waals surface area contributed by atoms with Crippen LogP contribution in [0.5, 0.6) is 11.5 Å². The highest BCUT2D eigenvalue weighted by atomic mass is 16.5. The van der Waals surface area contributed by atoms with Crippen LogP contribution >= 0.6 is 0 Å². The molecule has 0 aromatic heterocycles. The van der Waals surface area contributed by atoms with Crippen LogP contribution in [0, 0.1) is 0 Å². The summed E-state index contributed by atoms with van der Waals surface area (Å²) in [6.45, 7) is 0. The van der Waals surface area contributed by atoms with Gasteiger partial charge < -0.3 is 14.6 Å². The lowest BCUT2D eigenvalue weighted by atomic mass is 10.1. The normalized spacial score (nSPS) is 11.9. The number of hydrogen-bond acceptors (Lipinski definition) is 5. The van der Waals surface area contributed by atoms with Gasteiger partial charge in [0.2, 0.25) is 0 Å². The summed E-state index contributed by atoms with van der Waals surface area (Å²) in [5.74, 6) is -0.647. The van der Waals surface area contributed by atoms with Crippen molar-refractivity contribution in [3.05, 3.63) is 82.9 Å². The molecule has 0 unspecified atom stereocenters. The van der Waals surface area contributed by atoms with Crippen molar-refractivity contribution in [2.45, 2.75) is 0 Å². The number of rotatable bonds is 5. The number of carboxylic acid groups (broad SMARTS) is 1. The summed E-state index contributed by atoms with van der Waals surface area (Å²) in [7, 11) is 2.86. The Kier molecular flexibility index (Phi) is 4.83. The molecule has 6 nitrogen and oxygen atoms in total. The van der Waals surface area contributed by atoms with Gasteiger partial charge in [0.15, 0.2) is 11.5 Å². The van der Waals surface area contributed by atoms with Crippen molar-refractivity contribution in [2.24, 2.45) is 10.2 Å². The Morgan fingerprint density at radius 3 is 1.97 bits per heavy atom. The number of carbonyl (C=O) groups is 1. The summed E-state index contributed by atoms with van der Waals surface area (Å²) < 4.78 is 10.4. The van der Waals surface area contributed by atoms with Crippen LogP contribution in [0.3, 0.4) is 0 Å². The molecule has 0 aliphatic heterocycles. The highest BCUT2D eigenvalue weighted by Crippen LogP contribution is 2.37. The van der Waals surface area contributed by atoms with Crippen molar-refractivity contribution in [3.63, 3.8) is 0 Å². The van der Waals surface area contributed by atoms with Crippen molar-refractivity contribution in [2.75, 3.05) is 14.2 Å². The van der Waals surface area contributed by atoms with Gasteiger partial charge in [-0.15, -0.1) is 5.10 Å².